The van der Waals surface area contributed by atoms with Crippen LogP contribution in [-0.4, -0.2) is 29.8 Å². The van der Waals surface area contributed by atoms with E-state index in [1.54, 1.807) is 0 Å². The minimum absolute atomic E-state index is 0.0479. The lowest BCUT2D eigenvalue weighted by Gasteiger charge is -2.09. The molecule has 1 heterocycles. The molecule has 0 saturated heterocycles. The third-order valence-corrected chi connectivity index (χ3v) is 6.03. The standard InChI is InChI=1S/C14H11F3N2O4S2/c15-14(16,17)10-3-1-4-11(9-10)25(22,23)8-7-24-13-12(19(20)21)5-2-6-18-13/h1-6,9H,7-8H2. The quantitative estimate of drug-likeness (QED) is 0.424. The molecule has 25 heavy (non-hydrogen) atoms. The van der Waals surface area contributed by atoms with Crippen molar-refractivity contribution < 1.29 is 26.5 Å². The van der Waals surface area contributed by atoms with Crippen molar-refractivity contribution in [3.63, 3.8) is 0 Å². The summed E-state index contributed by atoms with van der Waals surface area (Å²) in [7, 11) is -3.96. The summed E-state index contributed by atoms with van der Waals surface area (Å²) in [5.74, 6) is -0.566. The van der Waals surface area contributed by atoms with Gasteiger partial charge in [-0.15, -0.1) is 0 Å². The molecule has 0 spiro atoms. The molecule has 0 atom stereocenters. The topological polar surface area (TPSA) is 90.2 Å². The molecule has 0 radical (unpaired) electrons. The van der Waals surface area contributed by atoms with Gasteiger partial charge in [0.05, 0.1) is 21.1 Å². The van der Waals surface area contributed by atoms with Crippen molar-refractivity contribution >= 4 is 27.3 Å². The second-order valence-corrected chi connectivity index (χ2v) is 7.97. The number of hydrogen-bond acceptors (Lipinski definition) is 6. The molecule has 0 amide bonds. The molecule has 1 aromatic heterocycles. The Kier molecular flexibility index (Phi) is 5.68. The van der Waals surface area contributed by atoms with Crippen LogP contribution in [0, 0.1) is 10.1 Å². The van der Waals surface area contributed by atoms with Crippen LogP contribution in [-0.2, 0) is 16.0 Å². The zero-order valence-electron chi connectivity index (χ0n) is 12.4. The van der Waals surface area contributed by atoms with Crippen molar-refractivity contribution in [3.05, 3.63) is 58.3 Å². The highest BCUT2D eigenvalue weighted by Crippen LogP contribution is 2.31. The van der Waals surface area contributed by atoms with E-state index in [0.29, 0.717) is 6.07 Å². The predicted octanol–water partition coefficient (Wildman–Crippen LogP) is 3.57. The molecule has 0 aliphatic rings. The third-order valence-electron chi connectivity index (χ3n) is 3.06. The van der Waals surface area contributed by atoms with Gasteiger partial charge in [0.1, 0.15) is 0 Å². The third kappa shape index (κ3) is 4.92. The highest BCUT2D eigenvalue weighted by atomic mass is 32.2. The fraction of sp³-hybridized carbons (Fsp3) is 0.214. The Hall–Kier alpha value is -2.14. The minimum Gasteiger partial charge on any atom is -0.258 e. The average molecular weight is 392 g/mol. The van der Waals surface area contributed by atoms with Gasteiger partial charge in [0.15, 0.2) is 14.9 Å². The Morgan fingerprint density at radius 3 is 2.56 bits per heavy atom. The number of rotatable bonds is 6. The number of aromatic nitrogens is 1. The number of nitrogens with zero attached hydrogens (tertiary/aromatic N) is 2. The summed E-state index contributed by atoms with van der Waals surface area (Å²) < 4.78 is 62.4. The minimum atomic E-state index is -4.64. The van der Waals surface area contributed by atoms with Crippen molar-refractivity contribution in [2.45, 2.75) is 16.1 Å². The molecular weight excluding hydrogens is 381 g/mol. The molecular formula is C14H11F3N2O4S2. The highest BCUT2D eigenvalue weighted by Gasteiger charge is 2.31. The fourth-order valence-corrected chi connectivity index (χ4v) is 4.52. The van der Waals surface area contributed by atoms with Crippen LogP contribution in [0.25, 0.3) is 0 Å². The Morgan fingerprint density at radius 1 is 1.20 bits per heavy atom. The lowest BCUT2D eigenvalue weighted by molar-refractivity contribution is -0.388. The molecule has 0 fully saturated rings. The molecule has 134 valence electrons. The SMILES string of the molecule is O=[N+]([O-])c1cccnc1SCCS(=O)(=O)c1cccc(C(F)(F)F)c1. The van der Waals surface area contributed by atoms with Crippen molar-refractivity contribution in [2.75, 3.05) is 11.5 Å². The summed E-state index contributed by atoms with van der Waals surface area (Å²) in [6, 6.07) is 6.07. The number of hydrogen-bond donors (Lipinski definition) is 0. The number of alkyl halides is 3. The Balaban J connectivity index is 2.12. The van der Waals surface area contributed by atoms with Gasteiger partial charge in [0, 0.05) is 18.0 Å². The van der Waals surface area contributed by atoms with E-state index in [0.717, 1.165) is 30.0 Å². The van der Waals surface area contributed by atoms with E-state index in [1.165, 1.54) is 18.3 Å². The Bertz CT molecular complexity index is 886. The summed E-state index contributed by atoms with van der Waals surface area (Å²) in [6.45, 7) is 0. The van der Waals surface area contributed by atoms with Crippen LogP contribution in [0.2, 0.25) is 0 Å². The Morgan fingerprint density at radius 2 is 1.92 bits per heavy atom. The zero-order valence-corrected chi connectivity index (χ0v) is 14.1. The number of thioether (sulfide) groups is 1. The van der Waals surface area contributed by atoms with Crippen LogP contribution in [0.1, 0.15) is 5.56 Å². The summed E-state index contributed by atoms with van der Waals surface area (Å²) in [5.41, 5.74) is -1.31. The van der Waals surface area contributed by atoms with Gasteiger partial charge < -0.3 is 0 Å². The van der Waals surface area contributed by atoms with E-state index in [-0.39, 0.29) is 16.5 Å². The fourth-order valence-electron chi connectivity index (χ4n) is 1.86. The molecule has 2 rings (SSSR count). The maximum absolute atomic E-state index is 12.7. The number of halogens is 3. The van der Waals surface area contributed by atoms with E-state index >= 15 is 0 Å². The van der Waals surface area contributed by atoms with Gasteiger partial charge in [-0.2, -0.15) is 13.2 Å². The highest BCUT2D eigenvalue weighted by molar-refractivity contribution is 8.00. The first-order chi connectivity index (χ1) is 11.6. The molecule has 0 saturated carbocycles. The number of benzene rings is 1. The first-order valence-electron chi connectivity index (χ1n) is 6.73. The van der Waals surface area contributed by atoms with Gasteiger partial charge in [0.25, 0.3) is 0 Å². The summed E-state index contributed by atoms with van der Waals surface area (Å²) in [4.78, 5) is 13.6. The first kappa shape index (κ1) is 19.2. The van der Waals surface area contributed by atoms with Crippen LogP contribution >= 0.6 is 11.8 Å². The van der Waals surface area contributed by atoms with Crippen LogP contribution < -0.4 is 0 Å². The van der Waals surface area contributed by atoms with Gasteiger partial charge in [-0.3, -0.25) is 10.1 Å². The van der Waals surface area contributed by atoms with Gasteiger partial charge in [-0.05, 0) is 24.3 Å². The summed E-state index contributed by atoms with van der Waals surface area (Å²) >= 11 is 0.852. The van der Waals surface area contributed by atoms with Gasteiger partial charge in [0.2, 0.25) is 0 Å². The molecule has 11 heteroatoms. The van der Waals surface area contributed by atoms with Gasteiger partial charge >= 0.3 is 11.9 Å². The molecule has 1 aromatic carbocycles. The van der Waals surface area contributed by atoms with E-state index < -0.39 is 37.1 Å². The van der Waals surface area contributed by atoms with Crippen molar-refractivity contribution in [3.8, 4) is 0 Å². The zero-order chi connectivity index (χ0) is 18.7. The molecule has 6 nitrogen and oxygen atoms in total. The van der Waals surface area contributed by atoms with E-state index in [1.807, 2.05) is 0 Å². The second-order valence-electron chi connectivity index (χ2n) is 4.78. The number of sulfone groups is 1. The summed E-state index contributed by atoms with van der Waals surface area (Å²) in [5, 5.41) is 10.9. The molecule has 2 aromatic rings. The van der Waals surface area contributed by atoms with E-state index in [4.69, 9.17) is 0 Å². The van der Waals surface area contributed by atoms with Crippen molar-refractivity contribution in [2.24, 2.45) is 0 Å². The maximum atomic E-state index is 12.7. The Labute approximate surface area is 145 Å². The van der Waals surface area contributed by atoms with Crippen LogP contribution in [0.5, 0.6) is 0 Å². The molecule has 0 aliphatic heterocycles. The number of pyridine rings is 1. The summed E-state index contributed by atoms with van der Waals surface area (Å²) in [6.07, 6.45) is -3.31. The van der Waals surface area contributed by atoms with Gasteiger partial charge in [-0.25, -0.2) is 13.4 Å². The lowest BCUT2D eigenvalue weighted by Crippen LogP contribution is -2.11. The largest absolute Gasteiger partial charge is 0.416 e. The normalized spacial score (nSPS) is 12.1. The molecule has 0 bridgehead atoms. The first-order valence-corrected chi connectivity index (χ1v) is 9.37. The van der Waals surface area contributed by atoms with Crippen molar-refractivity contribution in [1.29, 1.82) is 0 Å². The maximum Gasteiger partial charge on any atom is 0.416 e. The molecule has 0 aliphatic carbocycles. The second kappa shape index (κ2) is 7.40. The van der Waals surface area contributed by atoms with Crippen molar-refractivity contribution in [1.82, 2.24) is 4.98 Å². The smallest absolute Gasteiger partial charge is 0.258 e. The van der Waals surface area contributed by atoms with Crippen LogP contribution in [0.15, 0.2) is 52.5 Å². The van der Waals surface area contributed by atoms with Gasteiger partial charge in [-0.1, -0.05) is 17.8 Å². The predicted molar refractivity (Wildman–Crippen MR) is 85.1 cm³/mol. The van der Waals surface area contributed by atoms with E-state index in [9.17, 15) is 31.7 Å². The van der Waals surface area contributed by atoms with E-state index in [2.05, 4.69) is 4.98 Å². The average Bonchev–Trinajstić information content (AvgIpc) is 2.54. The van der Waals surface area contributed by atoms with Crippen LogP contribution in [0.3, 0.4) is 0 Å². The monoisotopic (exact) mass is 392 g/mol. The lowest BCUT2D eigenvalue weighted by atomic mass is 10.2. The molecule has 0 N–H and O–H groups in total. The molecule has 0 unspecified atom stereocenters. The van der Waals surface area contributed by atoms with Crippen LogP contribution in [0.4, 0.5) is 18.9 Å². The number of nitro groups is 1.